The summed E-state index contributed by atoms with van der Waals surface area (Å²) in [7, 11) is 1.46. The van der Waals surface area contributed by atoms with Crippen molar-refractivity contribution >= 4 is 6.09 Å². The zero-order chi connectivity index (χ0) is 21.7. The molecule has 0 radical (unpaired) electrons. The molecule has 1 amide bonds. The van der Waals surface area contributed by atoms with Crippen LogP contribution in [0.15, 0.2) is 78.9 Å². The van der Waals surface area contributed by atoms with Gasteiger partial charge in [0.15, 0.2) is 18.3 Å². The summed E-state index contributed by atoms with van der Waals surface area (Å²) >= 11 is 0. The van der Waals surface area contributed by atoms with Crippen LogP contribution in [0.5, 0.6) is 11.5 Å². The van der Waals surface area contributed by atoms with Crippen LogP contribution >= 0.6 is 0 Å². The predicted octanol–water partition coefficient (Wildman–Crippen LogP) is 4.72. The van der Waals surface area contributed by atoms with E-state index in [1.54, 1.807) is 0 Å². The third-order valence-corrected chi connectivity index (χ3v) is 4.47. The fourth-order valence-electron chi connectivity index (χ4n) is 2.88. The Bertz CT molecular complexity index is 931. The van der Waals surface area contributed by atoms with E-state index in [2.05, 4.69) is 5.32 Å². The van der Waals surface area contributed by atoms with E-state index in [1.165, 1.54) is 7.11 Å². The minimum atomic E-state index is -0.509. The second-order valence-electron chi connectivity index (χ2n) is 6.84. The highest BCUT2D eigenvalue weighted by atomic mass is 16.7. The topological polar surface area (TPSA) is 66.0 Å². The molecule has 0 aliphatic heterocycles. The molecule has 0 fully saturated rings. The Hall–Kier alpha value is -3.51. The SMILES string of the molecule is COCOC(=O)NCCc1ccc(OCc2ccccc2)c(OCc2ccccc2)c1. The van der Waals surface area contributed by atoms with Crippen LogP contribution in [-0.2, 0) is 29.1 Å². The van der Waals surface area contributed by atoms with Crippen molar-refractivity contribution in [2.45, 2.75) is 19.6 Å². The number of nitrogens with one attached hydrogen (secondary N) is 1. The molecule has 3 aromatic carbocycles. The van der Waals surface area contributed by atoms with Crippen LogP contribution in [0, 0.1) is 0 Å². The first kappa shape index (κ1) is 22.2. The maximum Gasteiger partial charge on any atom is 0.409 e. The molecule has 3 aromatic rings. The summed E-state index contributed by atoms with van der Waals surface area (Å²) in [5.74, 6) is 1.34. The number of amides is 1. The molecule has 0 heterocycles. The molecule has 0 aromatic heterocycles. The Balaban J connectivity index is 1.64. The van der Waals surface area contributed by atoms with E-state index < -0.39 is 6.09 Å². The number of rotatable bonds is 11. The smallest absolute Gasteiger partial charge is 0.409 e. The van der Waals surface area contributed by atoms with Crippen molar-refractivity contribution in [3.05, 3.63) is 95.6 Å². The highest BCUT2D eigenvalue weighted by Gasteiger charge is 2.09. The number of carbonyl (C=O) groups is 1. The molecule has 3 rings (SSSR count). The number of ether oxygens (including phenoxy) is 4. The molecule has 1 N–H and O–H groups in total. The van der Waals surface area contributed by atoms with Crippen LogP contribution in [0.25, 0.3) is 0 Å². The third-order valence-electron chi connectivity index (χ3n) is 4.47. The maximum atomic E-state index is 11.5. The van der Waals surface area contributed by atoms with Crippen LogP contribution in [0.2, 0.25) is 0 Å². The van der Waals surface area contributed by atoms with Gasteiger partial charge in [-0.05, 0) is 35.2 Å². The van der Waals surface area contributed by atoms with E-state index in [4.69, 9.17) is 18.9 Å². The summed E-state index contributed by atoms with van der Waals surface area (Å²) in [5, 5.41) is 2.69. The number of carbonyl (C=O) groups excluding carboxylic acids is 1. The lowest BCUT2D eigenvalue weighted by Gasteiger charge is -2.15. The van der Waals surface area contributed by atoms with Gasteiger partial charge in [-0.15, -0.1) is 0 Å². The molecule has 6 heteroatoms. The van der Waals surface area contributed by atoms with Gasteiger partial charge in [-0.25, -0.2) is 4.79 Å². The summed E-state index contributed by atoms with van der Waals surface area (Å²) < 4.78 is 21.6. The van der Waals surface area contributed by atoms with Crippen molar-refractivity contribution in [2.75, 3.05) is 20.4 Å². The van der Waals surface area contributed by atoms with E-state index in [1.807, 2.05) is 78.9 Å². The van der Waals surface area contributed by atoms with Gasteiger partial charge in [-0.1, -0.05) is 66.7 Å². The van der Waals surface area contributed by atoms with Crippen LogP contribution in [0.1, 0.15) is 16.7 Å². The molecule has 0 spiro atoms. The number of alkyl carbamates (subject to hydrolysis) is 1. The van der Waals surface area contributed by atoms with Crippen LogP contribution in [-0.4, -0.2) is 26.5 Å². The van der Waals surface area contributed by atoms with Gasteiger partial charge >= 0.3 is 6.09 Å². The summed E-state index contributed by atoms with van der Waals surface area (Å²) in [6.45, 7) is 1.25. The Labute approximate surface area is 182 Å². The first-order chi connectivity index (χ1) is 15.2. The van der Waals surface area contributed by atoms with Gasteiger partial charge in [0, 0.05) is 13.7 Å². The van der Waals surface area contributed by atoms with Crippen molar-refractivity contribution in [2.24, 2.45) is 0 Å². The number of methoxy groups -OCH3 is 1. The quantitative estimate of drug-likeness (QED) is 0.454. The molecular weight excluding hydrogens is 394 g/mol. The standard InChI is InChI=1S/C25H27NO5/c1-28-19-31-25(27)26-15-14-20-12-13-23(29-17-21-8-4-2-5-9-21)24(16-20)30-18-22-10-6-3-7-11-22/h2-13,16H,14-15,17-19H2,1H3,(H,26,27). The van der Waals surface area contributed by atoms with Crippen molar-refractivity contribution < 1.29 is 23.7 Å². The average molecular weight is 421 g/mol. The molecule has 0 atom stereocenters. The summed E-state index contributed by atoms with van der Waals surface area (Å²) in [6.07, 6.45) is 0.119. The number of hydrogen-bond donors (Lipinski definition) is 1. The van der Waals surface area contributed by atoms with Gasteiger partial charge in [-0.3, -0.25) is 0 Å². The highest BCUT2D eigenvalue weighted by Crippen LogP contribution is 2.30. The second-order valence-corrected chi connectivity index (χ2v) is 6.84. The normalized spacial score (nSPS) is 10.4. The number of hydrogen-bond acceptors (Lipinski definition) is 5. The lowest BCUT2D eigenvalue weighted by Crippen LogP contribution is -2.27. The van der Waals surface area contributed by atoms with Crippen molar-refractivity contribution in [3.8, 4) is 11.5 Å². The Kier molecular flexibility index (Phi) is 8.76. The summed E-state index contributed by atoms with van der Waals surface area (Å²) in [5.41, 5.74) is 3.17. The first-order valence-corrected chi connectivity index (χ1v) is 10.1. The van der Waals surface area contributed by atoms with Gasteiger partial charge < -0.3 is 24.3 Å². The predicted molar refractivity (Wildman–Crippen MR) is 118 cm³/mol. The monoisotopic (exact) mass is 421 g/mol. The van der Waals surface area contributed by atoms with E-state index in [9.17, 15) is 4.79 Å². The van der Waals surface area contributed by atoms with Crippen LogP contribution in [0.4, 0.5) is 4.79 Å². The zero-order valence-electron chi connectivity index (χ0n) is 17.6. The molecule has 31 heavy (non-hydrogen) atoms. The molecule has 0 bridgehead atoms. The minimum Gasteiger partial charge on any atom is -0.485 e. The van der Waals surface area contributed by atoms with E-state index in [0.717, 1.165) is 16.7 Å². The molecule has 162 valence electrons. The molecule has 0 saturated carbocycles. The van der Waals surface area contributed by atoms with Crippen LogP contribution < -0.4 is 14.8 Å². The first-order valence-electron chi connectivity index (χ1n) is 10.1. The van der Waals surface area contributed by atoms with Crippen molar-refractivity contribution in [1.29, 1.82) is 0 Å². The highest BCUT2D eigenvalue weighted by molar-refractivity contribution is 5.67. The average Bonchev–Trinajstić information content (AvgIpc) is 2.82. The fraction of sp³-hybridized carbons (Fsp3) is 0.240. The van der Waals surface area contributed by atoms with Gasteiger partial charge in [0.1, 0.15) is 13.2 Å². The van der Waals surface area contributed by atoms with Crippen LogP contribution in [0.3, 0.4) is 0 Å². The molecule has 0 aliphatic rings. The molecule has 0 aliphatic carbocycles. The lowest BCUT2D eigenvalue weighted by molar-refractivity contribution is 0.0121. The van der Waals surface area contributed by atoms with E-state index in [-0.39, 0.29) is 6.79 Å². The summed E-state index contributed by atoms with van der Waals surface area (Å²) in [6, 6.07) is 25.8. The molecular formula is C25H27NO5. The van der Waals surface area contributed by atoms with Gasteiger partial charge in [0.05, 0.1) is 0 Å². The minimum absolute atomic E-state index is 0.0727. The fourth-order valence-corrected chi connectivity index (χ4v) is 2.88. The van der Waals surface area contributed by atoms with Crippen molar-refractivity contribution in [3.63, 3.8) is 0 Å². The van der Waals surface area contributed by atoms with E-state index >= 15 is 0 Å². The van der Waals surface area contributed by atoms with Gasteiger partial charge in [-0.2, -0.15) is 0 Å². The van der Waals surface area contributed by atoms with Gasteiger partial charge in [0.2, 0.25) is 0 Å². The molecule has 0 unspecified atom stereocenters. The van der Waals surface area contributed by atoms with E-state index in [0.29, 0.717) is 37.7 Å². The lowest BCUT2D eigenvalue weighted by atomic mass is 10.1. The largest absolute Gasteiger partial charge is 0.485 e. The third kappa shape index (κ3) is 7.68. The Morgan fingerprint density at radius 2 is 1.39 bits per heavy atom. The Morgan fingerprint density at radius 1 is 0.774 bits per heavy atom. The second kappa shape index (κ2) is 12.2. The molecule has 0 saturated heterocycles. The summed E-state index contributed by atoms with van der Waals surface area (Å²) in [4.78, 5) is 11.5. The Morgan fingerprint density at radius 3 is 2.00 bits per heavy atom. The zero-order valence-corrected chi connectivity index (χ0v) is 17.6. The maximum absolute atomic E-state index is 11.5. The van der Waals surface area contributed by atoms with Crippen molar-refractivity contribution in [1.82, 2.24) is 5.32 Å². The number of benzene rings is 3. The molecule has 6 nitrogen and oxygen atoms in total. The van der Waals surface area contributed by atoms with Gasteiger partial charge in [0.25, 0.3) is 0 Å².